The fourth-order valence-electron chi connectivity index (χ4n) is 2.74. The van der Waals surface area contributed by atoms with Crippen molar-refractivity contribution in [3.05, 3.63) is 41.5 Å². The van der Waals surface area contributed by atoms with Crippen molar-refractivity contribution >= 4 is 28.5 Å². The number of phenolic OH excluding ortho intramolecular Hbond substituents is 1. The van der Waals surface area contributed by atoms with Gasteiger partial charge in [0.1, 0.15) is 5.75 Å². The number of hydrogen-bond donors (Lipinski definition) is 2. The Bertz CT molecular complexity index is 824. The highest BCUT2D eigenvalue weighted by atomic mass is 16.5. The highest BCUT2D eigenvalue weighted by Gasteiger charge is 2.34. The van der Waals surface area contributed by atoms with Crippen molar-refractivity contribution in [2.24, 2.45) is 0 Å². The Morgan fingerprint density at radius 2 is 1.88 bits per heavy atom. The second-order valence-corrected chi connectivity index (χ2v) is 5.44. The number of hydrazine groups is 1. The Hall–Kier alpha value is -2.93. The van der Waals surface area contributed by atoms with Gasteiger partial charge in [-0.25, -0.2) is 0 Å². The van der Waals surface area contributed by atoms with Gasteiger partial charge in [-0.1, -0.05) is 12.1 Å². The molecule has 24 heavy (non-hydrogen) atoms. The summed E-state index contributed by atoms with van der Waals surface area (Å²) in [7, 11) is 1.53. The lowest BCUT2D eigenvalue weighted by Gasteiger charge is -2.27. The molecular weight excluding hydrogens is 312 g/mol. The van der Waals surface area contributed by atoms with E-state index in [1.807, 2.05) is 0 Å². The number of phenols is 1. The van der Waals surface area contributed by atoms with Gasteiger partial charge in [0.05, 0.1) is 11.1 Å². The first kappa shape index (κ1) is 15.9. The summed E-state index contributed by atoms with van der Waals surface area (Å²) in [6, 6.07) is 7.66. The molecule has 2 aromatic rings. The van der Waals surface area contributed by atoms with Crippen LogP contribution >= 0.6 is 0 Å². The number of carbonyl (C=O) groups excluding carboxylic acids is 3. The Kier molecular flexibility index (Phi) is 4.18. The van der Waals surface area contributed by atoms with Crippen molar-refractivity contribution in [3.8, 4) is 5.75 Å². The second kappa shape index (κ2) is 6.29. The lowest BCUT2D eigenvalue weighted by atomic mass is 9.94. The molecule has 1 aliphatic heterocycles. The van der Waals surface area contributed by atoms with Crippen LogP contribution in [0.2, 0.25) is 0 Å². The number of methoxy groups -OCH3 is 1. The summed E-state index contributed by atoms with van der Waals surface area (Å²) in [4.78, 5) is 37.1. The molecule has 0 saturated heterocycles. The van der Waals surface area contributed by atoms with Gasteiger partial charge in [-0.3, -0.25) is 19.8 Å². The average molecular weight is 328 g/mol. The molecule has 0 saturated carbocycles. The van der Waals surface area contributed by atoms with E-state index in [4.69, 9.17) is 4.74 Å². The molecule has 0 unspecified atom stereocenters. The summed E-state index contributed by atoms with van der Waals surface area (Å²) in [6.45, 7) is 0.413. The van der Waals surface area contributed by atoms with E-state index < -0.39 is 17.7 Å². The van der Waals surface area contributed by atoms with Crippen LogP contribution in [0, 0.1) is 0 Å². The zero-order chi connectivity index (χ0) is 17.3. The number of ether oxygens (including phenoxy) is 1. The van der Waals surface area contributed by atoms with E-state index >= 15 is 0 Å². The molecule has 7 heteroatoms. The summed E-state index contributed by atoms with van der Waals surface area (Å²) in [5.74, 6) is -1.69. The van der Waals surface area contributed by atoms with Crippen molar-refractivity contribution in [1.29, 1.82) is 0 Å². The van der Waals surface area contributed by atoms with Gasteiger partial charge in [0.25, 0.3) is 11.8 Å². The third-order valence-electron chi connectivity index (χ3n) is 3.87. The molecular formula is C17H16N2O5. The molecule has 2 N–H and O–H groups in total. The fraction of sp³-hybridized carbons (Fsp3) is 0.235. The number of benzene rings is 2. The molecule has 0 atom stereocenters. The predicted octanol–water partition coefficient (Wildman–Crippen LogP) is 1.60. The van der Waals surface area contributed by atoms with E-state index in [9.17, 15) is 19.5 Å². The highest BCUT2D eigenvalue weighted by Crippen LogP contribution is 2.34. The first-order valence-electron chi connectivity index (χ1n) is 7.46. The van der Waals surface area contributed by atoms with E-state index in [-0.39, 0.29) is 23.3 Å². The molecule has 1 aliphatic rings. The lowest BCUT2D eigenvalue weighted by Crippen LogP contribution is -2.51. The number of nitrogens with one attached hydrogen (secondary N) is 1. The Labute approximate surface area is 137 Å². The normalized spacial score (nSPS) is 13.5. The Balaban J connectivity index is 1.94. The van der Waals surface area contributed by atoms with Gasteiger partial charge in [-0.15, -0.1) is 0 Å². The highest BCUT2D eigenvalue weighted by molar-refractivity contribution is 6.26. The Morgan fingerprint density at radius 1 is 1.17 bits per heavy atom. The maximum Gasteiger partial charge on any atom is 0.280 e. The zero-order valence-corrected chi connectivity index (χ0v) is 13.0. The van der Waals surface area contributed by atoms with Crippen LogP contribution in [-0.4, -0.2) is 41.6 Å². The molecule has 3 amide bonds. The van der Waals surface area contributed by atoms with Crippen LogP contribution in [0.1, 0.15) is 33.6 Å². The molecule has 2 aromatic carbocycles. The number of nitrogens with zero attached hydrogens (tertiary/aromatic N) is 1. The SMILES string of the molecule is COCCCC(=O)NN1C(=O)c2cccc3c(O)ccc(c23)C1=O. The monoisotopic (exact) mass is 328 g/mol. The molecule has 124 valence electrons. The fourth-order valence-corrected chi connectivity index (χ4v) is 2.74. The van der Waals surface area contributed by atoms with Gasteiger partial charge in [-0.05, 0) is 24.6 Å². The van der Waals surface area contributed by atoms with Crippen LogP contribution in [0.25, 0.3) is 10.8 Å². The molecule has 0 aliphatic carbocycles. The number of imide groups is 1. The number of amides is 3. The zero-order valence-electron chi connectivity index (χ0n) is 13.0. The maximum atomic E-state index is 12.6. The van der Waals surface area contributed by atoms with Crippen LogP contribution < -0.4 is 5.43 Å². The van der Waals surface area contributed by atoms with Gasteiger partial charge >= 0.3 is 0 Å². The third kappa shape index (κ3) is 2.59. The number of carbonyl (C=O) groups is 3. The topological polar surface area (TPSA) is 95.9 Å². The molecule has 7 nitrogen and oxygen atoms in total. The largest absolute Gasteiger partial charge is 0.507 e. The van der Waals surface area contributed by atoms with E-state index in [1.54, 1.807) is 18.2 Å². The first-order chi connectivity index (χ1) is 11.5. The predicted molar refractivity (Wildman–Crippen MR) is 85.4 cm³/mol. The van der Waals surface area contributed by atoms with Crippen LogP contribution in [0.3, 0.4) is 0 Å². The van der Waals surface area contributed by atoms with Gasteiger partial charge < -0.3 is 9.84 Å². The third-order valence-corrected chi connectivity index (χ3v) is 3.87. The number of hydrogen-bond acceptors (Lipinski definition) is 5. The van der Waals surface area contributed by atoms with Crippen molar-refractivity contribution in [3.63, 3.8) is 0 Å². The smallest absolute Gasteiger partial charge is 0.280 e. The average Bonchev–Trinajstić information content (AvgIpc) is 2.58. The first-order valence-corrected chi connectivity index (χ1v) is 7.46. The standard InChI is InChI=1S/C17H16N2O5/c1-24-9-3-6-14(21)18-19-16(22)11-5-2-4-10-13(20)8-7-12(15(10)11)17(19)23/h2,4-5,7-8,20H,3,6,9H2,1H3,(H,18,21). The van der Waals surface area contributed by atoms with Gasteiger partial charge in [0, 0.05) is 30.9 Å². The van der Waals surface area contributed by atoms with Crippen molar-refractivity contribution in [2.75, 3.05) is 13.7 Å². The quantitative estimate of drug-likeness (QED) is 0.642. The molecule has 0 aromatic heterocycles. The second-order valence-electron chi connectivity index (χ2n) is 5.44. The summed E-state index contributed by atoms with van der Waals surface area (Å²) < 4.78 is 4.87. The Morgan fingerprint density at radius 3 is 2.58 bits per heavy atom. The van der Waals surface area contributed by atoms with Gasteiger partial charge in [0.15, 0.2) is 0 Å². The van der Waals surface area contributed by atoms with Crippen LogP contribution in [0.15, 0.2) is 30.3 Å². The van der Waals surface area contributed by atoms with E-state index in [2.05, 4.69) is 5.43 Å². The van der Waals surface area contributed by atoms with Gasteiger partial charge in [-0.2, -0.15) is 5.01 Å². The minimum absolute atomic E-state index is 0.00625. The molecule has 3 rings (SSSR count). The summed E-state index contributed by atoms with van der Waals surface area (Å²) in [6.07, 6.45) is 0.621. The van der Waals surface area contributed by atoms with Crippen LogP contribution in [-0.2, 0) is 9.53 Å². The molecule has 0 spiro atoms. The molecule has 0 fully saturated rings. The molecule has 1 heterocycles. The van der Waals surface area contributed by atoms with Crippen molar-refractivity contribution < 1.29 is 24.2 Å². The molecule has 0 radical (unpaired) electrons. The summed E-state index contributed by atoms with van der Waals surface area (Å²) >= 11 is 0. The van der Waals surface area contributed by atoms with Crippen LogP contribution in [0.4, 0.5) is 0 Å². The minimum Gasteiger partial charge on any atom is -0.507 e. The van der Waals surface area contributed by atoms with Crippen LogP contribution in [0.5, 0.6) is 5.75 Å². The maximum absolute atomic E-state index is 12.6. The van der Waals surface area contributed by atoms with Crippen molar-refractivity contribution in [2.45, 2.75) is 12.8 Å². The van der Waals surface area contributed by atoms with Gasteiger partial charge in [0.2, 0.25) is 5.91 Å². The molecule has 0 bridgehead atoms. The minimum atomic E-state index is -0.621. The summed E-state index contributed by atoms with van der Waals surface area (Å²) in [5, 5.41) is 11.5. The van der Waals surface area contributed by atoms with Crippen molar-refractivity contribution in [1.82, 2.24) is 10.4 Å². The van der Waals surface area contributed by atoms with E-state index in [0.29, 0.717) is 23.8 Å². The van der Waals surface area contributed by atoms with E-state index in [1.165, 1.54) is 19.2 Å². The lowest BCUT2D eigenvalue weighted by molar-refractivity contribution is -0.124. The van der Waals surface area contributed by atoms with E-state index in [0.717, 1.165) is 5.01 Å². The summed E-state index contributed by atoms with van der Waals surface area (Å²) in [5.41, 5.74) is 2.87. The number of rotatable bonds is 5. The number of aromatic hydroxyl groups is 1.